The molecular formula is C16H12N2O2S. The standard InChI is InChI=1S/C16H12N2O2S/c19-16(20)15(11-6-2-1-3-7-11)21-14-10-17-12-8-4-5-9-13(12)18-14/h1-10,15H,(H,19,20)/t15-/m1/s1. The van der Waals surface area contributed by atoms with Gasteiger partial charge in [-0.2, -0.15) is 0 Å². The number of hydrogen-bond acceptors (Lipinski definition) is 4. The normalized spacial score (nSPS) is 12.2. The first kappa shape index (κ1) is 13.6. The molecule has 0 aliphatic rings. The van der Waals surface area contributed by atoms with Gasteiger partial charge in [-0.1, -0.05) is 54.2 Å². The molecule has 1 heterocycles. The van der Waals surface area contributed by atoms with E-state index in [2.05, 4.69) is 9.97 Å². The second-order valence-electron chi connectivity index (χ2n) is 4.44. The number of carbonyl (C=O) groups is 1. The Hall–Kier alpha value is -2.40. The summed E-state index contributed by atoms with van der Waals surface area (Å²) in [4.78, 5) is 20.3. The minimum Gasteiger partial charge on any atom is -0.480 e. The third kappa shape index (κ3) is 3.03. The van der Waals surface area contributed by atoms with Crippen LogP contribution in [0.15, 0.2) is 65.8 Å². The zero-order valence-electron chi connectivity index (χ0n) is 11.0. The van der Waals surface area contributed by atoms with Crippen LogP contribution >= 0.6 is 11.8 Å². The maximum atomic E-state index is 11.5. The van der Waals surface area contributed by atoms with Gasteiger partial charge >= 0.3 is 5.97 Å². The molecular weight excluding hydrogens is 284 g/mol. The van der Waals surface area contributed by atoms with Crippen LogP contribution in [0.1, 0.15) is 10.8 Å². The lowest BCUT2D eigenvalue weighted by Crippen LogP contribution is -2.08. The van der Waals surface area contributed by atoms with Crippen molar-refractivity contribution in [1.29, 1.82) is 0 Å². The monoisotopic (exact) mass is 296 g/mol. The second-order valence-corrected chi connectivity index (χ2v) is 5.57. The topological polar surface area (TPSA) is 63.1 Å². The summed E-state index contributed by atoms with van der Waals surface area (Å²) in [6.07, 6.45) is 1.62. The van der Waals surface area contributed by atoms with Crippen LogP contribution in [-0.2, 0) is 4.79 Å². The summed E-state index contributed by atoms with van der Waals surface area (Å²) in [5.41, 5.74) is 2.30. The number of thioether (sulfide) groups is 1. The third-order valence-corrected chi connectivity index (χ3v) is 4.14. The number of nitrogens with zero attached hydrogens (tertiary/aromatic N) is 2. The zero-order valence-corrected chi connectivity index (χ0v) is 11.8. The summed E-state index contributed by atoms with van der Waals surface area (Å²) in [7, 11) is 0. The van der Waals surface area contributed by atoms with Crippen LogP contribution in [0.3, 0.4) is 0 Å². The van der Waals surface area contributed by atoms with E-state index in [1.54, 1.807) is 18.3 Å². The predicted octanol–water partition coefficient (Wildman–Crippen LogP) is 3.55. The molecule has 0 unspecified atom stereocenters. The van der Waals surface area contributed by atoms with Gasteiger partial charge in [-0.15, -0.1) is 0 Å². The van der Waals surface area contributed by atoms with Crippen LogP contribution in [0.25, 0.3) is 11.0 Å². The van der Waals surface area contributed by atoms with Crippen LogP contribution in [0.5, 0.6) is 0 Å². The van der Waals surface area contributed by atoms with Gasteiger partial charge in [0.25, 0.3) is 0 Å². The van der Waals surface area contributed by atoms with Gasteiger partial charge in [-0.05, 0) is 17.7 Å². The number of fused-ring (bicyclic) bond motifs is 1. The molecule has 0 aliphatic carbocycles. The highest BCUT2D eigenvalue weighted by molar-refractivity contribution is 8.00. The number of para-hydroxylation sites is 2. The SMILES string of the molecule is O=C(O)[C@H](Sc1cnc2ccccc2n1)c1ccccc1. The average molecular weight is 296 g/mol. The van der Waals surface area contributed by atoms with Gasteiger partial charge in [0.05, 0.1) is 17.2 Å². The molecule has 2 aromatic carbocycles. The molecule has 1 atom stereocenters. The lowest BCUT2D eigenvalue weighted by Gasteiger charge is -2.11. The van der Waals surface area contributed by atoms with Crippen LogP contribution in [0.4, 0.5) is 0 Å². The number of carboxylic acids is 1. The van der Waals surface area contributed by atoms with E-state index in [0.717, 1.165) is 16.6 Å². The Morgan fingerprint density at radius 3 is 2.38 bits per heavy atom. The van der Waals surface area contributed by atoms with Gasteiger partial charge in [0.15, 0.2) is 0 Å². The van der Waals surface area contributed by atoms with Gasteiger partial charge in [-0.25, -0.2) is 4.98 Å². The molecule has 0 radical (unpaired) electrons. The minimum atomic E-state index is -0.888. The molecule has 4 nitrogen and oxygen atoms in total. The van der Waals surface area contributed by atoms with Crippen molar-refractivity contribution < 1.29 is 9.90 Å². The maximum Gasteiger partial charge on any atom is 0.321 e. The molecule has 0 spiro atoms. The average Bonchev–Trinajstić information content (AvgIpc) is 2.53. The quantitative estimate of drug-likeness (QED) is 0.746. The summed E-state index contributed by atoms with van der Waals surface area (Å²) in [6.45, 7) is 0. The van der Waals surface area contributed by atoms with Crippen molar-refractivity contribution in [3.63, 3.8) is 0 Å². The first-order valence-corrected chi connectivity index (χ1v) is 7.28. The van der Waals surface area contributed by atoms with E-state index in [9.17, 15) is 9.90 Å². The number of hydrogen-bond donors (Lipinski definition) is 1. The lowest BCUT2D eigenvalue weighted by molar-refractivity contribution is -0.136. The predicted molar refractivity (Wildman–Crippen MR) is 82.2 cm³/mol. The zero-order chi connectivity index (χ0) is 14.7. The summed E-state index contributed by atoms with van der Waals surface area (Å²) in [5.74, 6) is -0.888. The van der Waals surface area contributed by atoms with Gasteiger partial charge in [-0.3, -0.25) is 9.78 Å². The van der Waals surface area contributed by atoms with E-state index in [1.807, 2.05) is 42.5 Å². The second kappa shape index (κ2) is 5.93. The molecule has 0 fully saturated rings. The molecule has 0 saturated heterocycles. The Bertz CT molecular complexity index is 777. The Balaban J connectivity index is 1.93. The van der Waals surface area contributed by atoms with E-state index in [4.69, 9.17) is 0 Å². The highest BCUT2D eigenvalue weighted by Crippen LogP contribution is 2.34. The molecule has 5 heteroatoms. The summed E-state index contributed by atoms with van der Waals surface area (Å²) >= 11 is 1.19. The number of rotatable bonds is 4. The molecule has 21 heavy (non-hydrogen) atoms. The Morgan fingerprint density at radius 2 is 1.67 bits per heavy atom. The summed E-state index contributed by atoms with van der Waals surface area (Å²) in [6, 6.07) is 16.7. The molecule has 104 valence electrons. The van der Waals surface area contributed by atoms with Crippen molar-refractivity contribution in [1.82, 2.24) is 9.97 Å². The van der Waals surface area contributed by atoms with Gasteiger partial charge in [0, 0.05) is 0 Å². The summed E-state index contributed by atoms with van der Waals surface area (Å²) in [5, 5.41) is 9.34. The van der Waals surface area contributed by atoms with Gasteiger partial charge < -0.3 is 5.11 Å². The fourth-order valence-electron chi connectivity index (χ4n) is 2.01. The maximum absolute atomic E-state index is 11.5. The minimum absolute atomic E-state index is 0.602. The smallest absolute Gasteiger partial charge is 0.321 e. The van der Waals surface area contributed by atoms with E-state index in [1.165, 1.54) is 11.8 Å². The fourth-order valence-corrected chi connectivity index (χ4v) is 2.91. The van der Waals surface area contributed by atoms with Crippen molar-refractivity contribution in [2.75, 3.05) is 0 Å². The summed E-state index contributed by atoms with van der Waals surface area (Å²) < 4.78 is 0. The molecule has 0 bridgehead atoms. The first-order chi connectivity index (χ1) is 10.2. The van der Waals surface area contributed by atoms with E-state index in [-0.39, 0.29) is 0 Å². The molecule has 0 saturated carbocycles. The Labute approximate surface area is 125 Å². The third-order valence-electron chi connectivity index (χ3n) is 2.99. The molecule has 0 amide bonds. The number of benzene rings is 2. The number of carboxylic acid groups (broad SMARTS) is 1. The molecule has 3 rings (SSSR count). The largest absolute Gasteiger partial charge is 0.480 e. The van der Waals surface area contributed by atoms with Gasteiger partial charge in [0.2, 0.25) is 0 Å². The molecule has 3 aromatic rings. The number of aromatic nitrogens is 2. The van der Waals surface area contributed by atoms with Crippen LogP contribution in [-0.4, -0.2) is 21.0 Å². The van der Waals surface area contributed by atoms with Crippen molar-refractivity contribution >= 4 is 28.8 Å². The van der Waals surface area contributed by atoms with E-state index < -0.39 is 11.2 Å². The highest BCUT2D eigenvalue weighted by Gasteiger charge is 2.21. The van der Waals surface area contributed by atoms with E-state index in [0.29, 0.717) is 5.03 Å². The Morgan fingerprint density at radius 1 is 1.00 bits per heavy atom. The van der Waals surface area contributed by atoms with Crippen molar-refractivity contribution in [2.24, 2.45) is 0 Å². The van der Waals surface area contributed by atoms with Crippen molar-refractivity contribution in [3.8, 4) is 0 Å². The lowest BCUT2D eigenvalue weighted by atomic mass is 10.1. The van der Waals surface area contributed by atoms with Gasteiger partial charge in [0.1, 0.15) is 10.3 Å². The molecule has 0 aliphatic heterocycles. The first-order valence-electron chi connectivity index (χ1n) is 6.40. The fraction of sp³-hybridized carbons (Fsp3) is 0.0625. The highest BCUT2D eigenvalue weighted by atomic mass is 32.2. The van der Waals surface area contributed by atoms with E-state index >= 15 is 0 Å². The number of aliphatic carboxylic acids is 1. The molecule has 1 N–H and O–H groups in total. The van der Waals surface area contributed by atoms with Crippen molar-refractivity contribution in [3.05, 3.63) is 66.4 Å². The Kier molecular flexibility index (Phi) is 3.83. The van der Waals surface area contributed by atoms with Crippen molar-refractivity contribution in [2.45, 2.75) is 10.3 Å². The van der Waals surface area contributed by atoms with Crippen LogP contribution in [0.2, 0.25) is 0 Å². The molecule has 1 aromatic heterocycles. The van der Waals surface area contributed by atoms with Crippen LogP contribution < -0.4 is 0 Å². The van der Waals surface area contributed by atoms with Crippen LogP contribution in [0, 0.1) is 0 Å².